The van der Waals surface area contributed by atoms with Gasteiger partial charge in [0.05, 0.1) is 6.54 Å². The van der Waals surface area contributed by atoms with E-state index in [1.165, 1.54) is 4.90 Å². The number of amides is 3. The molecule has 1 saturated heterocycles. The van der Waals surface area contributed by atoms with Crippen molar-refractivity contribution in [2.24, 2.45) is 0 Å². The van der Waals surface area contributed by atoms with Gasteiger partial charge in [-0.15, -0.1) is 10.2 Å². The minimum Gasteiger partial charge on any atom is -0.483 e. The fourth-order valence-electron chi connectivity index (χ4n) is 3.96. The Morgan fingerprint density at radius 3 is 2.72 bits per heavy atom. The first kappa shape index (κ1) is 19.9. The molecule has 0 spiro atoms. The summed E-state index contributed by atoms with van der Waals surface area (Å²) in [4.78, 5) is 38.1. The van der Waals surface area contributed by atoms with E-state index in [0.29, 0.717) is 35.1 Å². The largest absolute Gasteiger partial charge is 0.483 e. The van der Waals surface area contributed by atoms with E-state index < -0.39 is 11.9 Å². The van der Waals surface area contributed by atoms with Gasteiger partial charge in [-0.25, -0.2) is 0 Å². The molecular formula is C23H20N4O5. The lowest BCUT2D eigenvalue weighted by molar-refractivity contribution is -0.136. The van der Waals surface area contributed by atoms with E-state index >= 15 is 0 Å². The zero-order valence-electron chi connectivity index (χ0n) is 17.3. The van der Waals surface area contributed by atoms with Crippen molar-refractivity contribution in [1.82, 2.24) is 20.4 Å². The Balaban J connectivity index is 1.31. The number of nitrogens with zero attached hydrogens (tertiary/aromatic N) is 3. The molecule has 0 radical (unpaired) electrons. The molecule has 162 valence electrons. The Morgan fingerprint density at radius 1 is 1.12 bits per heavy atom. The van der Waals surface area contributed by atoms with Gasteiger partial charge in [0.25, 0.3) is 11.8 Å². The van der Waals surface area contributed by atoms with E-state index in [0.717, 1.165) is 11.1 Å². The van der Waals surface area contributed by atoms with Crippen LogP contribution >= 0.6 is 0 Å². The Bertz CT molecular complexity index is 1220. The van der Waals surface area contributed by atoms with Crippen LogP contribution in [0.15, 0.2) is 46.9 Å². The summed E-state index contributed by atoms with van der Waals surface area (Å²) in [6, 6.07) is 12.3. The molecule has 1 N–H and O–H groups in total. The third-order valence-corrected chi connectivity index (χ3v) is 5.66. The number of carbonyl (C=O) groups excluding carboxylic acids is 3. The van der Waals surface area contributed by atoms with Gasteiger partial charge in [0.2, 0.25) is 17.7 Å². The summed E-state index contributed by atoms with van der Waals surface area (Å²) < 4.78 is 11.6. The first-order valence-corrected chi connectivity index (χ1v) is 10.3. The van der Waals surface area contributed by atoms with Gasteiger partial charge in [-0.2, -0.15) is 0 Å². The summed E-state index contributed by atoms with van der Waals surface area (Å²) in [6.45, 7) is 2.28. The number of aryl methyl sites for hydroxylation is 1. The lowest BCUT2D eigenvalue weighted by atomic mass is 10.0. The van der Waals surface area contributed by atoms with Gasteiger partial charge >= 0.3 is 0 Å². The van der Waals surface area contributed by atoms with Crippen LogP contribution in [0, 0.1) is 6.92 Å². The van der Waals surface area contributed by atoms with Crippen molar-refractivity contribution in [3.8, 4) is 17.2 Å². The van der Waals surface area contributed by atoms with Crippen molar-refractivity contribution >= 4 is 17.7 Å². The highest BCUT2D eigenvalue weighted by molar-refractivity contribution is 6.05. The van der Waals surface area contributed by atoms with Crippen LogP contribution in [0.2, 0.25) is 0 Å². The molecule has 3 aromatic rings. The molecule has 1 fully saturated rings. The second kappa shape index (κ2) is 7.92. The number of ether oxygens (including phenoxy) is 1. The van der Waals surface area contributed by atoms with Gasteiger partial charge in [0.15, 0.2) is 6.61 Å². The number of fused-ring (bicyclic) bond motifs is 1. The maximum atomic E-state index is 12.9. The van der Waals surface area contributed by atoms with Gasteiger partial charge in [0, 0.05) is 23.1 Å². The molecule has 2 aliphatic rings. The van der Waals surface area contributed by atoms with E-state index in [-0.39, 0.29) is 31.4 Å². The number of aromatic nitrogens is 2. The first-order chi connectivity index (χ1) is 15.5. The molecule has 0 aliphatic carbocycles. The third-order valence-electron chi connectivity index (χ3n) is 5.66. The Kier molecular flexibility index (Phi) is 4.93. The molecule has 1 unspecified atom stereocenters. The Labute approximate surface area is 183 Å². The van der Waals surface area contributed by atoms with Crippen molar-refractivity contribution in [2.75, 3.05) is 0 Å². The minimum atomic E-state index is -0.673. The second-order valence-corrected chi connectivity index (χ2v) is 7.84. The molecule has 1 atom stereocenters. The fourth-order valence-corrected chi connectivity index (χ4v) is 3.96. The predicted octanol–water partition coefficient (Wildman–Crippen LogP) is 2.39. The highest BCUT2D eigenvalue weighted by atomic mass is 16.5. The average molecular weight is 432 g/mol. The average Bonchev–Trinajstić information content (AvgIpc) is 3.38. The summed E-state index contributed by atoms with van der Waals surface area (Å²) >= 11 is 0. The van der Waals surface area contributed by atoms with Crippen LogP contribution in [-0.4, -0.2) is 38.9 Å². The van der Waals surface area contributed by atoms with Crippen LogP contribution in [0.25, 0.3) is 11.5 Å². The number of benzene rings is 2. The quantitative estimate of drug-likeness (QED) is 0.616. The maximum Gasteiger partial charge on any atom is 0.255 e. The van der Waals surface area contributed by atoms with Gasteiger partial charge < -0.3 is 14.1 Å². The molecular weight excluding hydrogens is 412 g/mol. The number of carbonyl (C=O) groups is 3. The molecule has 2 aliphatic heterocycles. The summed E-state index contributed by atoms with van der Waals surface area (Å²) in [5.74, 6) is 0.217. The van der Waals surface area contributed by atoms with Crippen molar-refractivity contribution < 1.29 is 23.5 Å². The van der Waals surface area contributed by atoms with E-state index in [9.17, 15) is 14.4 Å². The zero-order chi connectivity index (χ0) is 22.2. The topological polar surface area (TPSA) is 115 Å². The molecule has 1 aromatic heterocycles. The van der Waals surface area contributed by atoms with E-state index in [1.54, 1.807) is 18.2 Å². The molecule has 2 aromatic carbocycles. The molecule has 3 amide bonds. The summed E-state index contributed by atoms with van der Waals surface area (Å²) in [6.07, 6.45) is 0.519. The van der Waals surface area contributed by atoms with Crippen LogP contribution < -0.4 is 10.1 Å². The molecule has 9 heteroatoms. The standard InChI is InChI=1S/C23H20N4O5/c1-13-5-7-14(8-6-13)22-26-25-20(32-22)12-31-18-4-2-3-15-16(18)11-27(23(15)30)17-9-10-19(28)24-21(17)29/h2-8,17H,9-12H2,1H3,(H,24,28,29). The van der Waals surface area contributed by atoms with Crippen LogP contribution in [0.4, 0.5) is 0 Å². The van der Waals surface area contributed by atoms with Gasteiger partial charge in [-0.1, -0.05) is 23.8 Å². The summed E-state index contributed by atoms with van der Waals surface area (Å²) in [5, 5.41) is 10.4. The van der Waals surface area contributed by atoms with Crippen molar-refractivity contribution in [3.63, 3.8) is 0 Å². The van der Waals surface area contributed by atoms with Crippen molar-refractivity contribution in [2.45, 2.75) is 39.0 Å². The van der Waals surface area contributed by atoms with E-state index in [2.05, 4.69) is 15.5 Å². The smallest absolute Gasteiger partial charge is 0.255 e. The normalized spacial score (nSPS) is 18.0. The number of rotatable bonds is 5. The molecule has 0 saturated carbocycles. The molecule has 5 rings (SSSR count). The van der Waals surface area contributed by atoms with Gasteiger partial charge in [-0.3, -0.25) is 19.7 Å². The molecule has 32 heavy (non-hydrogen) atoms. The Hall–Kier alpha value is -4.01. The van der Waals surface area contributed by atoms with Crippen LogP contribution in [0.1, 0.15) is 40.2 Å². The monoisotopic (exact) mass is 432 g/mol. The van der Waals surface area contributed by atoms with E-state index in [1.807, 2.05) is 31.2 Å². The number of hydrogen-bond acceptors (Lipinski definition) is 7. The highest BCUT2D eigenvalue weighted by Gasteiger charge is 2.40. The van der Waals surface area contributed by atoms with Gasteiger partial charge in [-0.05, 0) is 37.6 Å². The van der Waals surface area contributed by atoms with E-state index in [4.69, 9.17) is 9.15 Å². The third kappa shape index (κ3) is 3.62. The lowest BCUT2D eigenvalue weighted by Crippen LogP contribution is -2.52. The van der Waals surface area contributed by atoms with Crippen LogP contribution in [-0.2, 0) is 22.7 Å². The van der Waals surface area contributed by atoms with Crippen molar-refractivity contribution in [3.05, 3.63) is 65.0 Å². The van der Waals surface area contributed by atoms with Gasteiger partial charge in [0.1, 0.15) is 11.8 Å². The van der Waals surface area contributed by atoms with Crippen molar-refractivity contribution in [1.29, 1.82) is 0 Å². The summed E-state index contributed by atoms with van der Waals surface area (Å²) in [7, 11) is 0. The Morgan fingerprint density at radius 2 is 1.94 bits per heavy atom. The van der Waals surface area contributed by atoms with Crippen LogP contribution in [0.3, 0.4) is 0 Å². The lowest BCUT2D eigenvalue weighted by Gasteiger charge is -2.29. The minimum absolute atomic E-state index is 0.0436. The highest BCUT2D eigenvalue weighted by Crippen LogP contribution is 2.34. The molecule has 3 heterocycles. The summed E-state index contributed by atoms with van der Waals surface area (Å²) in [5.41, 5.74) is 3.13. The maximum absolute atomic E-state index is 12.9. The SMILES string of the molecule is Cc1ccc(-c2nnc(COc3cccc4c3CN(C3CCC(=O)NC3=O)C4=O)o2)cc1. The number of nitrogens with one attached hydrogen (secondary N) is 1. The number of hydrogen-bond donors (Lipinski definition) is 1. The van der Waals surface area contributed by atoms with Crippen LogP contribution in [0.5, 0.6) is 5.75 Å². The zero-order valence-corrected chi connectivity index (χ0v) is 17.3. The fraction of sp³-hybridized carbons (Fsp3) is 0.261. The number of imide groups is 1. The second-order valence-electron chi connectivity index (χ2n) is 7.84. The predicted molar refractivity (Wildman–Crippen MR) is 111 cm³/mol. The molecule has 9 nitrogen and oxygen atoms in total. The molecule has 0 bridgehead atoms. The first-order valence-electron chi connectivity index (χ1n) is 10.3. The number of piperidine rings is 1.